The minimum absolute atomic E-state index is 0.145. The van der Waals surface area contributed by atoms with Crippen LogP contribution in [0, 0.1) is 0 Å². The molecule has 0 aliphatic heterocycles. The highest BCUT2D eigenvalue weighted by molar-refractivity contribution is 6.05. The van der Waals surface area contributed by atoms with E-state index < -0.39 is 11.9 Å². The van der Waals surface area contributed by atoms with Crippen LogP contribution in [0.2, 0.25) is 0 Å². The third-order valence-electron chi connectivity index (χ3n) is 12.1. The molecule has 0 saturated carbocycles. The molecule has 9 aromatic carbocycles. The fraction of sp³-hybridized carbons (Fsp3) is 0.0923. The first-order valence-corrected chi connectivity index (χ1v) is 24.8. The Morgan fingerprint density at radius 3 is 1.05 bits per heavy atom. The van der Waals surface area contributed by atoms with Crippen LogP contribution in [-0.4, -0.2) is 16.9 Å². The van der Waals surface area contributed by atoms with Crippen LogP contribution in [0.5, 0.6) is 40.2 Å². The van der Waals surface area contributed by atoms with Gasteiger partial charge in [-0.25, -0.2) is 9.78 Å². The number of hydrogen-bond donors (Lipinski definition) is 1. The van der Waals surface area contributed by atoms with Crippen molar-refractivity contribution in [3.8, 4) is 40.2 Å². The first kappa shape index (κ1) is 49.7. The number of aromatic nitrogens is 1. The largest absolute Gasteiger partial charge is 0.485 e. The van der Waals surface area contributed by atoms with E-state index in [9.17, 15) is 9.59 Å². The lowest BCUT2D eigenvalue weighted by atomic mass is 10.1. The van der Waals surface area contributed by atoms with E-state index in [0.29, 0.717) is 33.9 Å². The van der Waals surface area contributed by atoms with Crippen LogP contribution >= 0.6 is 0 Å². The molecule has 0 spiro atoms. The highest BCUT2D eigenvalue weighted by Crippen LogP contribution is 2.43. The van der Waals surface area contributed by atoms with Gasteiger partial charge in [0.25, 0.3) is 5.91 Å². The Balaban J connectivity index is 0.948. The number of carbonyl (C=O) groups is 2. The molecule has 1 heterocycles. The summed E-state index contributed by atoms with van der Waals surface area (Å²) >= 11 is 0. The summed E-state index contributed by atoms with van der Waals surface area (Å²) in [6, 6.07) is 73.6. The molecule has 0 bridgehead atoms. The van der Waals surface area contributed by atoms with Gasteiger partial charge in [-0.05, 0) is 75.8 Å². The average Bonchev–Trinajstić information content (AvgIpc) is 3.49. The number of rotatable bonds is 22. The smallest absolute Gasteiger partial charge is 0.343 e. The second-order valence-corrected chi connectivity index (χ2v) is 17.6. The van der Waals surface area contributed by atoms with Gasteiger partial charge in [0.1, 0.15) is 51.0 Å². The molecule has 10 rings (SSSR count). The molecule has 1 aromatic heterocycles. The lowest BCUT2D eigenvalue weighted by Gasteiger charge is -2.19. The first-order valence-electron chi connectivity index (χ1n) is 24.8. The Morgan fingerprint density at radius 1 is 0.342 bits per heavy atom. The Morgan fingerprint density at radius 2 is 0.684 bits per heavy atom. The van der Waals surface area contributed by atoms with Crippen molar-refractivity contribution in [2.45, 2.75) is 39.6 Å². The van der Waals surface area contributed by atoms with E-state index in [2.05, 4.69) is 5.32 Å². The summed E-state index contributed by atoms with van der Waals surface area (Å²) in [6.07, 6.45) is 0. The van der Waals surface area contributed by atoms with Gasteiger partial charge in [0, 0.05) is 10.9 Å². The minimum atomic E-state index is -0.701. The van der Waals surface area contributed by atoms with Crippen LogP contribution in [-0.2, 0) is 39.6 Å². The molecule has 76 heavy (non-hydrogen) atoms. The summed E-state index contributed by atoms with van der Waals surface area (Å²) in [5, 5.41) is 3.62. The van der Waals surface area contributed by atoms with Crippen LogP contribution in [0.4, 0.5) is 5.82 Å². The SMILES string of the molecule is O=C(Nc1ccc2cccc(OC(=O)c3cc(OCc4ccccc4)c(OCc4ccccc4)c(OCc4ccccc4)c3)c2n1)c1cc(OCc2ccccc2)c(OCc2ccccc2)c(OCc2ccccc2)c1. The number of fused-ring (bicyclic) bond motifs is 1. The van der Waals surface area contributed by atoms with Crippen LogP contribution in [0.3, 0.4) is 0 Å². The molecule has 376 valence electrons. The number of para-hydroxylation sites is 1. The Bertz CT molecular complexity index is 3380. The standard InChI is InChI=1S/C65H52N2O9/c68-64(53-36-56(70-40-46-20-7-1-8-21-46)62(74-44-50-28-15-5-16-29-50)57(37-53)71-41-47-22-9-2-10-23-47)67-60-35-34-52-32-19-33-55(61(52)66-60)76-65(69)54-38-58(72-42-48-24-11-3-12-25-48)63(75-45-51-30-17-6-18-31-51)59(39-54)73-43-49-26-13-4-14-27-49/h1-39H,40-45H2,(H,66,67,68). The van der Waals surface area contributed by atoms with Gasteiger partial charge in [-0.2, -0.15) is 0 Å². The number of nitrogens with zero attached hydrogens (tertiary/aromatic N) is 1. The zero-order valence-electron chi connectivity index (χ0n) is 41.4. The van der Waals surface area contributed by atoms with E-state index in [1.807, 2.05) is 188 Å². The average molecular weight is 1010 g/mol. The van der Waals surface area contributed by atoms with Crippen molar-refractivity contribution >= 4 is 28.6 Å². The quantitative estimate of drug-likeness (QED) is 0.0518. The number of ether oxygens (including phenoxy) is 7. The van der Waals surface area contributed by atoms with Gasteiger partial charge < -0.3 is 38.5 Å². The van der Waals surface area contributed by atoms with Crippen LogP contribution in [0.25, 0.3) is 10.9 Å². The molecule has 10 aromatic rings. The van der Waals surface area contributed by atoms with Crippen molar-refractivity contribution in [2.24, 2.45) is 0 Å². The summed E-state index contributed by atoms with van der Waals surface area (Å²) in [5.74, 6) is 1.06. The maximum absolute atomic E-state index is 14.4. The Kier molecular flexibility index (Phi) is 16.2. The molecule has 0 saturated heterocycles. The van der Waals surface area contributed by atoms with Gasteiger partial charge in [-0.1, -0.05) is 194 Å². The van der Waals surface area contributed by atoms with Crippen molar-refractivity contribution in [2.75, 3.05) is 5.32 Å². The molecule has 0 unspecified atom stereocenters. The molecular formula is C65H52N2O9. The fourth-order valence-electron chi connectivity index (χ4n) is 8.14. The highest BCUT2D eigenvalue weighted by atomic mass is 16.6. The van der Waals surface area contributed by atoms with Gasteiger partial charge >= 0.3 is 5.97 Å². The number of amides is 1. The summed E-state index contributed by atoms with van der Waals surface area (Å²) in [5.41, 5.74) is 6.27. The maximum Gasteiger partial charge on any atom is 0.343 e. The molecule has 11 heteroatoms. The van der Waals surface area contributed by atoms with Crippen molar-refractivity contribution in [3.05, 3.63) is 281 Å². The summed E-state index contributed by atoms with van der Waals surface area (Å²) in [7, 11) is 0. The number of anilines is 1. The van der Waals surface area contributed by atoms with Gasteiger partial charge in [0.2, 0.25) is 11.5 Å². The number of nitrogens with one attached hydrogen (secondary N) is 1. The van der Waals surface area contributed by atoms with Gasteiger partial charge in [0.05, 0.1) is 5.56 Å². The van der Waals surface area contributed by atoms with E-state index in [4.69, 9.17) is 38.1 Å². The molecule has 0 aliphatic rings. The normalized spacial score (nSPS) is 10.8. The van der Waals surface area contributed by atoms with E-state index in [-0.39, 0.29) is 73.8 Å². The fourth-order valence-corrected chi connectivity index (χ4v) is 8.14. The van der Waals surface area contributed by atoms with E-state index >= 15 is 0 Å². The minimum Gasteiger partial charge on any atom is -0.485 e. The number of esters is 1. The van der Waals surface area contributed by atoms with E-state index in [1.54, 1.807) is 48.5 Å². The third kappa shape index (κ3) is 13.2. The zero-order chi connectivity index (χ0) is 51.7. The molecule has 0 fully saturated rings. The molecular weight excluding hydrogens is 953 g/mol. The Hall–Kier alpha value is -9.87. The summed E-state index contributed by atoms with van der Waals surface area (Å²) in [4.78, 5) is 33.7. The summed E-state index contributed by atoms with van der Waals surface area (Å²) < 4.78 is 44.8. The number of benzene rings is 9. The third-order valence-corrected chi connectivity index (χ3v) is 12.1. The monoisotopic (exact) mass is 1000 g/mol. The number of pyridine rings is 1. The second-order valence-electron chi connectivity index (χ2n) is 17.6. The number of carbonyl (C=O) groups excluding carboxylic acids is 2. The maximum atomic E-state index is 14.4. The topological polar surface area (TPSA) is 124 Å². The molecule has 0 radical (unpaired) electrons. The van der Waals surface area contributed by atoms with Gasteiger partial charge in [0.15, 0.2) is 28.7 Å². The second kappa shape index (κ2) is 24.7. The van der Waals surface area contributed by atoms with Crippen LogP contribution in [0.1, 0.15) is 54.1 Å². The molecule has 0 aliphatic carbocycles. The molecule has 1 N–H and O–H groups in total. The number of hydrogen-bond acceptors (Lipinski definition) is 10. The van der Waals surface area contributed by atoms with Crippen molar-refractivity contribution in [1.82, 2.24) is 4.98 Å². The zero-order valence-corrected chi connectivity index (χ0v) is 41.4. The molecule has 0 atom stereocenters. The highest BCUT2D eigenvalue weighted by Gasteiger charge is 2.24. The predicted molar refractivity (Wildman–Crippen MR) is 292 cm³/mol. The van der Waals surface area contributed by atoms with Gasteiger partial charge in [-0.3, -0.25) is 4.79 Å². The van der Waals surface area contributed by atoms with Crippen molar-refractivity contribution in [3.63, 3.8) is 0 Å². The van der Waals surface area contributed by atoms with Crippen LogP contribution in [0.15, 0.2) is 237 Å². The van der Waals surface area contributed by atoms with E-state index in [1.165, 1.54) is 0 Å². The predicted octanol–water partition coefficient (Wildman–Crippen LogP) is 14.2. The summed E-state index contributed by atoms with van der Waals surface area (Å²) in [6.45, 7) is 1.24. The lowest BCUT2D eigenvalue weighted by molar-refractivity contribution is 0.0735. The van der Waals surface area contributed by atoms with Crippen molar-refractivity contribution in [1.29, 1.82) is 0 Å². The Labute approximate surface area is 440 Å². The molecule has 11 nitrogen and oxygen atoms in total. The first-order chi connectivity index (χ1) is 37.5. The van der Waals surface area contributed by atoms with E-state index in [0.717, 1.165) is 33.4 Å². The lowest BCUT2D eigenvalue weighted by Crippen LogP contribution is -2.15. The van der Waals surface area contributed by atoms with Gasteiger partial charge in [-0.15, -0.1) is 0 Å². The van der Waals surface area contributed by atoms with Crippen LogP contribution < -0.4 is 38.5 Å². The van der Waals surface area contributed by atoms with Crippen molar-refractivity contribution < 1.29 is 42.7 Å². The molecule has 1 amide bonds.